The number of rotatable bonds is 6. The summed E-state index contributed by atoms with van der Waals surface area (Å²) in [6.45, 7) is 0.334. The Morgan fingerprint density at radius 1 is 0.900 bits per heavy atom. The lowest BCUT2D eigenvalue weighted by molar-refractivity contribution is 0.0950. The van der Waals surface area contributed by atoms with Crippen molar-refractivity contribution in [3.8, 4) is 22.6 Å². The van der Waals surface area contributed by atoms with Crippen molar-refractivity contribution in [1.29, 1.82) is 0 Å². The monoisotopic (exact) mass is 398 g/mol. The molecule has 4 aromatic rings. The van der Waals surface area contributed by atoms with Crippen LogP contribution in [0.1, 0.15) is 15.9 Å². The first-order chi connectivity index (χ1) is 14.7. The predicted molar refractivity (Wildman–Crippen MR) is 118 cm³/mol. The second-order valence-corrected chi connectivity index (χ2v) is 6.86. The number of amides is 1. The summed E-state index contributed by atoms with van der Waals surface area (Å²) >= 11 is 0. The van der Waals surface area contributed by atoms with Crippen LogP contribution in [0, 0.1) is 0 Å². The largest absolute Gasteiger partial charge is 0.497 e. The van der Waals surface area contributed by atoms with Gasteiger partial charge >= 0.3 is 0 Å². The number of methoxy groups -OCH3 is 2. The van der Waals surface area contributed by atoms with Crippen molar-refractivity contribution in [1.82, 2.24) is 10.3 Å². The van der Waals surface area contributed by atoms with Gasteiger partial charge in [-0.1, -0.05) is 30.3 Å². The minimum Gasteiger partial charge on any atom is -0.497 e. The number of fused-ring (bicyclic) bond motifs is 1. The minimum absolute atomic E-state index is 0.157. The van der Waals surface area contributed by atoms with Crippen molar-refractivity contribution >= 4 is 16.8 Å². The summed E-state index contributed by atoms with van der Waals surface area (Å²) in [6.07, 6.45) is 1.83. The van der Waals surface area contributed by atoms with Crippen LogP contribution in [-0.2, 0) is 6.54 Å². The fourth-order valence-electron chi connectivity index (χ4n) is 3.37. The third-order valence-corrected chi connectivity index (χ3v) is 4.98. The van der Waals surface area contributed by atoms with Crippen molar-refractivity contribution in [2.45, 2.75) is 6.54 Å². The Bertz CT molecular complexity index is 1200. The molecule has 1 N–H and O–H groups in total. The second-order valence-electron chi connectivity index (χ2n) is 6.86. The second kappa shape index (κ2) is 8.66. The van der Waals surface area contributed by atoms with Gasteiger partial charge in [-0.15, -0.1) is 0 Å². The van der Waals surface area contributed by atoms with Crippen molar-refractivity contribution in [3.63, 3.8) is 0 Å². The lowest BCUT2D eigenvalue weighted by Crippen LogP contribution is -2.23. The van der Waals surface area contributed by atoms with Crippen molar-refractivity contribution < 1.29 is 14.3 Å². The molecule has 1 heterocycles. The summed E-state index contributed by atoms with van der Waals surface area (Å²) in [7, 11) is 3.21. The average Bonchev–Trinajstić information content (AvgIpc) is 2.82. The molecule has 0 saturated heterocycles. The van der Waals surface area contributed by atoms with Crippen LogP contribution in [0.3, 0.4) is 0 Å². The van der Waals surface area contributed by atoms with Crippen LogP contribution in [0.15, 0.2) is 79.0 Å². The SMILES string of the molecule is COc1ccc(OC)c(CNC(=O)c2cccc(-c3cnc4ccccc4c3)c2)c1. The van der Waals surface area contributed by atoms with Crippen molar-refractivity contribution in [2.24, 2.45) is 0 Å². The van der Waals surface area contributed by atoms with Gasteiger partial charge in [0.2, 0.25) is 0 Å². The summed E-state index contributed by atoms with van der Waals surface area (Å²) < 4.78 is 10.6. The molecule has 1 aromatic heterocycles. The molecule has 0 fully saturated rings. The van der Waals surface area contributed by atoms with E-state index in [4.69, 9.17) is 9.47 Å². The maximum absolute atomic E-state index is 12.8. The molecule has 0 unspecified atom stereocenters. The first kappa shape index (κ1) is 19.5. The van der Waals surface area contributed by atoms with Crippen LogP contribution in [0.4, 0.5) is 0 Å². The molecule has 5 heteroatoms. The van der Waals surface area contributed by atoms with E-state index in [0.29, 0.717) is 23.6 Å². The van der Waals surface area contributed by atoms with Gasteiger partial charge in [-0.05, 0) is 48.0 Å². The summed E-state index contributed by atoms with van der Waals surface area (Å²) in [5.74, 6) is 1.26. The topological polar surface area (TPSA) is 60.5 Å². The standard InChI is InChI=1S/C25H22N2O3/c1-29-22-10-11-24(30-2)21(14-22)16-27-25(28)19-8-5-7-17(12-19)20-13-18-6-3-4-9-23(18)26-15-20/h3-15H,16H2,1-2H3,(H,27,28). The van der Waals surface area contributed by atoms with Gasteiger partial charge in [-0.25, -0.2) is 0 Å². The van der Waals surface area contributed by atoms with E-state index < -0.39 is 0 Å². The van der Waals surface area contributed by atoms with Gasteiger partial charge in [0.15, 0.2) is 0 Å². The number of para-hydroxylation sites is 1. The molecule has 4 rings (SSSR count). The lowest BCUT2D eigenvalue weighted by atomic mass is 10.0. The van der Waals surface area contributed by atoms with Crippen LogP contribution in [0.2, 0.25) is 0 Å². The molecule has 150 valence electrons. The smallest absolute Gasteiger partial charge is 0.251 e. The van der Waals surface area contributed by atoms with E-state index in [1.54, 1.807) is 20.3 Å². The highest BCUT2D eigenvalue weighted by Crippen LogP contribution is 2.25. The van der Waals surface area contributed by atoms with Gasteiger partial charge in [0, 0.05) is 34.8 Å². The number of pyridine rings is 1. The molecule has 0 aliphatic rings. The van der Waals surface area contributed by atoms with Gasteiger partial charge in [0.05, 0.1) is 19.7 Å². The third kappa shape index (κ3) is 4.10. The number of hydrogen-bond donors (Lipinski definition) is 1. The fourth-order valence-corrected chi connectivity index (χ4v) is 3.37. The van der Waals surface area contributed by atoms with Crippen LogP contribution in [-0.4, -0.2) is 25.1 Å². The molecular formula is C25H22N2O3. The highest BCUT2D eigenvalue weighted by molar-refractivity contribution is 5.95. The van der Waals surface area contributed by atoms with Crippen LogP contribution >= 0.6 is 0 Å². The average molecular weight is 398 g/mol. The van der Waals surface area contributed by atoms with E-state index in [1.807, 2.05) is 66.9 Å². The first-order valence-electron chi connectivity index (χ1n) is 9.62. The molecule has 3 aromatic carbocycles. The molecule has 5 nitrogen and oxygen atoms in total. The van der Waals surface area contributed by atoms with Crippen LogP contribution in [0.5, 0.6) is 11.5 Å². The van der Waals surface area contributed by atoms with E-state index >= 15 is 0 Å². The molecular weight excluding hydrogens is 376 g/mol. The highest BCUT2D eigenvalue weighted by atomic mass is 16.5. The summed E-state index contributed by atoms with van der Waals surface area (Å²) in [6, 6.07) is 23.1. The molecule has 0 saturated carbocycles. The molecule has 0 spiro atoms. The number of benzene rings is 3. The van der Waals surface area contributed by atoms with Gasteiger partial charge in [-0.3, -0.25) is 9.78 Å². The molecule has 30 heavy (non-hydrogen) atoms. The summed E-state index contributed by atoms with van der Waals surface area (Å²) in [5, 5.41) is 4.02. The van der Waals surface area contributed by atoms with E-state index in [1.165, 1.54) is 0 Å². The van der Waals surface area contributed by atoms with Gasteiger partial charge in [-0.2, -0.15) is 0 Å². The maximum Gasteiger partial charge on any atom is 0.251 e. The highest BCUT2D eigenvalue weighted by Gasteiger charge is 2.10. The molecule has 0 radical (unpaired) electrons. The molecule has 0 atom stereocenters. The van der Waals surface area contributed by atoms with E-state index in [-0.39, 0.29) is 5.91 Å². The first-order valence-corrected chi connectivity index (χ1v) is 9.62. The maximum atomic E-state index is 12.8. The Morgan fingerprint density at radius 2 is 1.77 bits per heavy atom. The Balaban J connectivity index is 1.54. The molecule has 0 aliphatic carbocycles. The number of ether oxygens (including phenoxy) is 2. The quantitative estimate of drug-likeness (QED) is 0.504. The fraction of sp³-hybridized carbons (Fsp3) is 0.120. The number of nitrogens with one attached hydrogen (secondary N) is 1. The number of aromatic nitrogens is 1. The lowest BCUT2D eigenvalue weighted by Gasteiger charge is -2.12. The summed E-state index contributed by atoms with van der Waals surface area (Å²) in [5.41, 5.74) is 4.29. The van der Waals surface area contributed by atoms with E-state index in [2.05, 4.69) is 16.4 Å². The van der Waals surface area contributed by atoms with Crippen molar-refractivity contribution in [3.05, 3.63) is 90.1 Å². The number of nitrogens with zero attached hydrogens (tertiary/aromatic N) is 1. The van der Waals surface area contributed by atoms with Crippen LogP contribution < -0.4 is 14.8 Å². The number of carbonyl (C=O) groups is 1. The Kier molecular flexibility index (Phi) is 5.61. The van der Waals surface area contributed by atoms with E-state index in [9.17, 15) is 4.79 Å². The van der Waals surface area contributed by atoms with E-state index in [0.717, 1.165) is 27.6 Å². The Hall–Kier alpha value is -3.86. The number of hydrogen-bond acceptors (Lipinski definition) is 4. The summed E-state index contributed by atoms with van der Waals surface area (Å²) in [4.78, 5) is 17.3. The third-order valence-electron chi connectivity index (χ3n) is 4.98. The number of carbonyl (C=O) groups excluding carboxylic acids is 1. The zero-order valence-electron chi connectivity index (χ0n) is 16.9. The van der Waals surface area contributed by atoms with Gasteiger partial charge in [0.25, 0.3) is 5.91 Å². The van der Waals surface area contributed by atoms with Gasteiger partial charge < -0.3 is 14.8 Å². The minimum atomic E-state index is -0.157. The molecule has 0 bridgehead atoms. The zero-order chi connectivity index (χ0) is 20.9. The van der Waals surface area contributed by atoms with Crippen LogP contribution in [0.25, 0.3) is 22.0 Å². The molecule has 1 amide bonds. The Labute approximate surface area is 175 Å². The van der Waals surface area contributed by atoms with Gasteiger partial charge in [0.1, 0.15) is 11.5 Å². The predicted octanol–water partition coefficient (Wildman–Crippen LogP) is 4.85. The Morgan fingerprint density at radius 3 is 2.60 bits per heavy atom. The zero-order valence-corrected chi connectivity index (χ0v) is 16.9. The normalized spacial score (nSPS) is 10.6. The van der Waals surface area contributed by atoms with Crippen molar-refractivity contribution in [2.75, 3.05) is 14.2 Å². The molecule has 0 aliphatic heterocycles.